The number of hydrogen-bond donors (Lipinski definition) is 1. The lowest BCUT2D eigenvalue weighted by molar-refractivity contribution is 0.415. The zero-order chi connectivity index (χ0) is 13.8. The normalized spacial score (nSPS) is 10.5. The van der Waals surface area contributed by atoms with Crippen molar-refractivity contribution in [2.45, 2.75) is 33.9 Å². The Morgan fingerprint density at radius 1 is 1.21 bits per heavy atom. The minimum absolute atomic E-state index is 0.840. The molecule has 3 nitrogen and oxygen atoms in total. The maximum atomic E-state index is 5.23. The highest BCUT2D eigenvalue weighted by Gasteiger charge is 2.07. The third-order valence-electron chi connectivity index (χ3n) is 3.55. The van der Waals surface area contributed by atoms with E-state index in [1.807, 2.05) is 18.2 Å². The van der Waals surface area contributed by atoms with Crippen molar-refractivity contribution in [2.24, 2.45) is 0 Å². The number of rotatable bonds is 5. The van der Waals surface area contributed by atoms with Crippen molar-refractivity contribution < 1.29 is 4.74 Å². The molecule has 0 aliphatic heterocycles. The summed E-state index contributed by atoms with van der Waals surface area (Å²) in [4.78, 5) is 0. The van der Waals surface area contributed by atoms with Crippen LogP contribution < -0.4 is 10.1 Å². The van der Waals surface area contributed by atoms with Crippen molar-refractivity contribution in [1.29, 1.82) is 0 Å². The van der Waals surface area contributed by atoms with Crippen LogP contribution in [0.15, 0.2) is 30.3 Å². The van der Waals surface area contributed by atoms with Gasteiger partial charge in [0, 0.05) is 36.2 Å². The van der Waals surface area contributed by atoms with Crippen LogP contribution in [0, 0.1) is 13.8 Å². The van der Waals surface area contributed by atoms with Crippen molar-refractivity contribution in [1.82, 2.24) is 4.57 Å². The Morgan fingerprint density at radius 3 is 2.63 bits per heavy atom. The predicted octanol–water partition coefficient (Wildman–Crippen LogP) is 3.75. The quantitative estimate of drug-likeness (QED) is 0.884. The summed E-state index contributed by atoms with van der Waals surface area (Å²) in [5, 5.41) is 3.45. The predicted molar refractivity (Wildman–Crippen MR) is 79.9 cm³/mol. The number of benzene rings is 1. The van der Waals surface area contributed by atoms with Gasteiger partial charge < -0.3 is 14.6 Å². The van der Waals surface area contributed by atoms with E-state index < -0.39 is 0 Å². The van der Waals surface area contributed by atoms with Gasteiger partial charge in [-0.2, -0.15) is 0 Å². The van der Waals surface area contributed by atoms with Crippen LogP contribution in [0.5, 0.6) is 5.75 Å². The molecule has 0 aliphatic rings. The molecule has 102 valence electrons. The minimum atomic E-state index is 0.840. The van der Waals surface area contributed by atoms with Gasteiger partial charge in [0.05, 0.1) is 7.11 Å². The standard InChI is InChI=1S/C16H22N2O/c1-5-18-12(2)9-14(13(18)3)11-17-15-7-6-8-16(10-15)19-4/h6-10,17H,5,11H2,1-4H3. The topological polar surface area (TPSA) is 26.2 Å². The number of aryl methyl sites for hydroxylation is 1. The van der Waals surface area contributed by atoms with Crippen molar-refractivity contribution in [2.75, 3.05) is 12.4 Å². The molecule has 0 spiro atoms. The second-order valence-electron chi connectivity index (χ2n) is 4.73. The van der Waals surface area contributed by atoms with E-state index in [0.29, 0.717) is 0 Å². The van der Waals surface area contributed by atoms with Gasteiger partial charge in [0.15, 0.2) is 0 Å². The number of hydrogen-bond acceptors (Lipinski definition) is 2. The van der Waals surface area contributed by atoms with Gasteiger partial charge in [0.2, 0.25) is 0 Å². The maximum absolute atomic E-state index is 5.23. The molecule has 0 fully saturated rings. The number of aromatic nitrogens is 1. The summed E-state index contributed by atoms with van der Waals surface area (Å²) >= 11 is 0. The fourth-order valence-electron chi connectivity index (χ4n) is 2.47. The maximum Gasteiger partial charge on any atom is 0.120 e. The Kier molecular flexibility index (Phi) is 4.15. The molecule has 3 heteroatoms. The lowest BCUT2D eigenvalue weighted by Gasteiger charge is -2.09. The Bertz CT molecular complexity index is 558. The fraction of sp³-hybridized carbons (Fsp3) is 0.375. The Morgan fingerprint density at radius 2 is 2.00 bits per heavy atom. The van der Waals surface area contributed by atoms with Crippen LogP contribution in [-0.4, -0.2) is 11.7 Å². The van der Waals surface area contributed by atoms with E-state index in [1.54, 1.807) is 7.11 Å². The Balaban J connectivity index is 2.10. The third kappa shape index (κ3) is 2.92. The van der Waals surface area contributed by atoms with Gasteiger partial charge >= 0.3 is 0 Å². The molecule has 1 heterocycles. The second-order valence-corrected chi connectivity index (χ2v) is 4.73. The SMILES string of the molecule is CCn1c(C)cc(CNc2cccc(OC)c2)c1C. The van der Waals surface area contributed by atoms with Crippen LogP contribution in [0.25, 0.3) is 0 Å². The van der Waals surface area contributed by atoms with Crippen molar-refractivity contribution in [3.05, 3.63) is 47.3 Å². The average Bonchev–Trinajstić information content (AvgIpc) is 2.71. The number of nitrogens with one attached hydrogen (secondary N) is 1. The zero-order valence-corrected chi connectivity index (χ0v) is 12.2. The number of anilines is 1. The summed E-state index contributed by atoms with van der Waals surface area (Å²) in [6, 6.07) is 10.3. The summed E-state index contributed by atoms with van der Waals surface area (Å²) < 4.78 is 7.56. The van der Waals surface area contributed by atoms with Crippen molar-refractivity contribution >= 4 is 5.69 Å². The summed E-state index contributed by atoms with van der Waals surface area (Å²) in [7, 11) is 1.69. The molecule has 0 saturated heterocycles. The first kappa shape index (κ1) is 13.5. The first-order valence-corrected chi connectivity index (χ1v) is 6.69. The third-order valence-corrected chi connectivity index (χ3v) is 3.55. The van der Waals surface area contributed by atoms with Crippen molar-refractivity contribution in [3.8, 4) is 5.75 Å². The molecule has 2 aromatic rings. The van der Waals surface area contributed by atoms with Crippen LogP contribution >= 0.6 is 0 Å². The van der Waals surface area contributed by atoms with E-state index in [1.165, 1.54) is 17.0 Å². The van der Waals surface area contributed by atoms with Crippen LogP contribution in [0.2, 0.25) is 0 Å². The molecule has 0 atom stereocenters. The van der Waals surface area contributed by atoms with Gasteiger partial charge in [-0.25, -0.2) is 0 Å². The first-order valence-electron chi connectivity index (χ1n) is 6.69. The van der Waals surface area contributed by atoms with Crippen LogP contribution in [0.4, 0.5) is 5.69 Å². The molecule has 0 radical (unpaired) electrons. The van der Waals surface area contributed by atoms with E-state index >= 15 is 0 Å². The lowest BCUT2D eigenvalue weighted by atomic mass is 10.2. The molecule has 0 unspecified atom stereocenters. The fourth-order valence-corrected chi connectivity index (χ4v) is 2.47. The highest BCUT2D eigenvalue weighted by Crippen LogP contribution is 2.20. The van der Waals surface area contributed by atoms with Crippen LogP contribution in [0.1, 0.15) is 23.9 Å². The number of methoxy groups -OCH3 is 1. The lowest BCUT2D eigenvalue weighted by Crippen LogP contribution is -2.03. The molecule has 0 saturated carbocycles. The van der Waals surface area contributed by atoms with Gasteiger partial charge in [-0.15, -0.1) is 0 Å². The summed E-state index contributed by atoms with van der Waals surface area (Å²) in [6.45, 7) is 8.38. The molecule has 1 aromatic heterocycles. The highest BCUT2D eigenvalue weighted by molar-refractivity contribution is 5.48. The average molecular weight is 258 g/mol. The monoisotopic (exact) mass is 258 g/mol. The second kappa shape index (κ2) is 5.83. The van der Waals surface area contributed by atoms with Crippen LogP contribution in [-0.2, 0) is 13.1 Å². The van der Waals surface area contributed by atoms with Gasteiger partial charge in [0.1, 0.15) is 5.75 Å². The highest BCUT2D eigenvalue weighted by atomic mass is 16.5. The van der Waals surface area contributed by atoms with Gasteiger partial charge in [-0.05, 0) is 44.5 Å². The van der Waals surface area contributed by atoms with E-state index in [2.05, 4.69) is 42.8 Å². The molecule has 0 amide bonds. The molecule has 1 aromatic carbocycles. The van der Waals surface area contributed by atoms with E-state index in [4.69, 9.17) is 4.74 Å². The molecule has 0 bridgehead atoms. The van der Waals surface area contributed by atoms with Gasteiger partial charge in [-0.3, -0.25) is 0 Å². The minimum Gasteiger partial charge on any atom is -0.497 e. The summed E-state index contributed by atoms with van der Waals surface area (Å²) in [5.74, 6) is 0.879. The molecule has 1 N–H and O–H groups in total. The Labute approximate surface area is 115 Å². The van der Waals surface area contributed by atoms with Crippen molar-refractivity contribution in [3.63, 3.8) is 0 Å². The molecule has 19 heavy (non-hydrogen) atoms. The van der Waals surface area contributed by atoms with Gasteiger partial charge in [0.25, 0.3) is 0 Å². The smallest absolute Gasteiger partial charge is 0.120 e. The number of ether oxygens (including phenoxy) is 1. The summed E-state index contributed by atoms with van der Waals surface area (Å²) in [5.41, 5.74) is 5.10. The van der Waals surface area contributed by atoms with E-state index in [9.17, 15) is 0 Å². The molecular weight excluding hydrogens is 236 g/mol. The summed E-state index contributed by atoms with van der Waals surface area (Å²) in [6.07, 6.45) is 0. The molecule has 0 aliphatic carbocycles. The van der Waals surface area contributed by atoms with Gasteiger partial charge in [-0.1, -0.05) is 6.07 Å². The van der Waals surface area contributed by atoms with E-state index in [0.717, 1.165) is 24.5 Å². The first-order chi connectivity index (χ1) is 9.15. The number of nitrogens with zero attached hydrogens (tertiary/aromatic N) is 1. The largest absolute Gasteiger partial charge is 0.497 e. The van der Waals surface area contributed by atoms with E-state index in [-0.39, 0.29) is 0 Å². The molecule has 2 rings (SSSR count). The Hall–Kier alpha value is -1.90. The zero-order valence-electron chi connectivity index (χ0n) is 12.2. The van der Waals surface area contributed by atoms with Crippen LogP contribution in [0.3, 0.4) is 0 Å². The molecular formula is C16H22N2O.